The number of ether oxygens (including phenoxy) is 1. The minimum atomic E-state index is -0.992. The molecular weight excluding hydrogens is 371 g/mol. The Morgan fingerprint density at radius 3 is 2.43 bits per heavy atom. The van der Waals surface area contributed by atoms with Crippen LogP contribution in [0, 0.1) is 23.4 Å². The monoisotopic (exact) mass is 391 g/mol. The van der Waals surface area contributed by atoms with E-state index in [4.69, 9.17) is 0 Å². The molecule has 1 saturated carbocycles. The largest absolute Gasteiger partial charge is 0.469 e. The van der Waals surface area contributed by atoms with Crippen LogP contribution in [0.25, 0.3) is 0 Å². The van der Waals surface area contributed by atoms with Gasteiger partial charge in [0.1, 0.15) is 5.82 Å². The third kappa shape index (κ3) is 4.71. The molecule has 0 aliphatic heterocycles. The highest BCUT2D eigenvalue weighted by atomic mass is 19.2. The van der Waals surface area contributed by atoms with E-state index in [1.165, 1.54) is 30.2 Å². The molecule has 1 aliphatic carbocycles. The van der Waals surface area contributed by atoms with E-state index in [-0.39, 0.29) is 43.1 Å². The summed E-state index contributed by atoms with van der Waals surface area (Å²) >= 11 is 0. The van der Waals surface area contributed by atoms with Crippen molar-refractivity contribution < 1.29 is 27.5 Å². The quantitative estimate of drug-likeness (QED) is 0.675. The van der Waals surface area contributed by atoms with Crippen LogP contribution in [0.2, 0.25) is 0 Å². The number of rotatable bonds is 7. The smallest absolute Gasteiger partial charge is 0.307 e. The number of hydrogen-bond donors (Lipinski definition) is 0. The van der Waals surface area contributed by atoms with Crippen molar-refractivity contribution in [2.75, 3.05) is 13.7 Å². The Balaban J connectivity index is 1.72. The van der Waals surface area contributed by atoms with Crippen LogP contribution >= 0.6 is 0 Å². The summed E-state index contributed by atoms with van der Waals surface area (Å²) in [6.45, 7) is 0.163. The zero-order valence-corrected chi connectivity index (χ0v) is 15.3. The molecule has 0 N–H and O–H groups in total. The molecule has 2 aromatic carbocycles. The molecule has 0 saturated heterocycles. The Hall–Kier alpha value is -2.83. The van der Waals surface area contributed by atoms with Gasteiger partial charge in [0, 0.05) is 19.0 Å². The van der Waals surface area contributed by atoms with Crippen molar-refractivity contribution >= 4 is 11.9 Å². The highest BCUT2D eigenvalue weighted by molar-refractivity contribution is 5.83. The van der Waals surface area contributed by atoms with E-state index in [0.717, 1.165) is 17.7 Å². The van der Waals surface area contributed by atoms with Crippen LogP contribution in [0.3, 0.4) is 0 Å². The molecule has 0 aromatic heterocycles. The lowest BCUT2D eigenvalue weighted by Gasteiger charge is -2.23. The number of carbonyl (C=O) groups excluding carboxylic acids is 2. The van der Waals surface area contributed by atoms with Crippen molar-refractivity contribution in [2.45, 2.75) is 25.3 Å². The average molecular weight is 391 g/mol. The number of methoxy groups -OCH3 is 1. The molecule has 2 unspecified atom stereocenters. The van der Waals surface area contributed by atoms with E-state index in [9.17, 15) is 22.8 Å². The lowest BCUT2D eigenvalue weighted by atomic mass is 10.1. The van der Waals surface area contributed by atoms with Crippen molar-refractivity contribution in [2.24, 2.45) is 5.92 Å². The lowest BCUT2D eigenvalue weighted by molar-refractivity contribution is -0.142. The van der Waals surface area contributed by atoms with Gasteiger partial charge in [-0.15, -0.1) is 0 Å². The molecule has 0 heterocycles. The van der Waals surface area contributed by atoms with E-state index in [2.05, 4.69) is 4.74 Å². The molecule has 2 atom stereocenters. The summed E-state index contributed by atoms with van der Waals surface area (Å²) in [6, 6.07) is 9.46. The highest BCUT2D eigenvalue weighted by Gasteiger charge is 2.45. The molecule has 1 aliphatic rings. The van der Waals surface area contributed by atoms with Gasteiger partial charge in [0.2, 0.25) is 5.91 Å². The number of hydrogen-bond acceptors (Lipinski definition) is 3. The van der Waals surface area contributed by atoms with Gasteiger partial charge < -0.3 is 9.64 Å². The summed E-state index contributed by atoms with van der Waals surface area (Å²) in [5, 5.41) is 0. The predicted molar refractivity (Wildman–Crippen MR) is 95.7 cm³/mol. The molecule has 4 nitrogen and oxygen atoms in total. The maximum absolute atomic E-state index is 13.5. The minimum Gasteiger partial charge on any atom is -0.469 e. The van der Waals surface area contributed by atoms with Crippen LogP contribution in [-0.2, 0) is 20.9 Å². The molecule has 2 aromatic rings. The molecular formula is C21H20F3NO3. The average Bonchev–Trinajstić information content (AvgIpc) is 3.48. The number of esters is 1. The molecule has 1 amide bonds. The molecule has 0 spiro atoms. The SMILES string of the molecule is COC(=O)CCN(Cc1ccc(F)c(F)c1)C(=O)C1CC1c1ccc(F)cc1. The Morgan fingerprint density at radius 2 is 1.79 bits per heavy atom. The fourth-order valence-electron chi connectivity index (χ4n) is 3.23. The van der Waals surface area contributed by atoms with Crippen molar-refractivity contribution in [1.29, 1.82) is 0 Å². The third-order valence-electron chi connectivity index (χ3n) is 4.89. The van der Waals surface area contributed by atoms with Crippen molar-refractivity contribution in [3.8, 4) is 0 Å². The minimum absolute atomic E-state index is 0.000147. The Morgan fingerprint density at radius 1 is 1.07 bits per heavy atom. The second-order valence-corrected chi connectivity index (χ2v) is 6.83. The van der Waals surface area contributed by atoms with Gasteiger partial charge in [-0.1, -0.05) is 18.2 Å². The van der Waals surface area contributed by atoms with E-state index in [1.807, 2.05) is 0 Å². The van der Waals surface area contributed by atoms with Crippen LogP contribution < -0.4 is 0 Å². The fraction of sp³-hybridized carbons (Fsp3) is 0.333. The Labute approximate surface area is 160 Å². The number of halogens is 3. The van der Waals surface area contributed by atoms with Crippen LogP contribution in [-0.4, -0.2) is 30.4 Å². The van der Waals surface area contributed by atoms with Gasteiger partial charge in [-0.05, 0) is 47.7 Å². The molecule has 0 bridgehead atoms. The van der Waals surface area contributed by atoms with E-state index in [0.29, 0.717) is 12.0 Å². The van der Waals surface area contributed by atoms with Gasteiger partial charge in [-0.25, -0.2) is 13.2 Å². The molecule has 0 radical (unpaired) electrons. The first-order valence-electron chi connectivity index (χ1n) is 8.94. The van der Waals surface area contributed by atoms with E-state index >= 15 is 0 Å². The summed E-state index contributed by atoms with van der Waals surface area (Å²) in [4.78, 5) is 25.9. The van der Waals surface area contributed by atoms with Crippen molar-refractivity contribution in [1.82, 2.24) is 4.90 Å². The van der Waals surface area contributed by atoms with Gasteiger partial charge in [-0.3, -0.25) is 9.59 Å². The predicted octanol–water partition coefficient (Wildman–Crippen LogP) is 3.80. The maximum Gasteiger partial charge on any atom is 0.307 e. The van der Waals surface area contributed by atoms with Gasteiger partial charge in [0.05, 0.1) is 13.5 Å². The second-order valence-electron chi connectivity index (χ2n) is 6.83. The van der Waals surface area contributed by atoms with Gasteiger partial charge in [0.25, 0.3) is 0 Å². The fourth-order valence-corrected chi connectivity index (χ4v) is 3.23. The molecule has 1 fully saturated rings. The summed E-state index contributed by atoms with van der Waals surface area (Å²) in [5.74, 6) is -3.24. The molecule has 148 valence electrons. The standard InChI is InChI=1S/C21H20F3NO3/c1-28-20(26)8-9-25(12-13-2-7-18(23)19(24)10-13)21(27)17-11-16(17)14-3-5-15(22)6-4-14/h2-7,10,16-17H,8-9,11-12H2,1H3. The topological polar surface area (TPSA) is 46.6 Å². The second kappa shape index (κ2) is 8.46. The van der Waals surface area contributed by atoms with Crippen molar-refractivity contribution in [3.05, 3.63) is 71.0 Å². The van der Waals surface area contributed by atoms with Crippen LogP contribution in [0.4, 0.5) is 13.2 Å². The van der Waals surface area contributed by atoms with E-state index < -0.39 is 17.6 Å². The molecule has 7 heteroatoms. The lowest BCUT2D eigenvalue weighted by Crippen LogP contribution is -2.34. The first kappa shape index (κ1) is 19.9. The maximum atomic E-state index is 13.5. The first-order chi connectivity index (χ1) is 13.4. The first-order valence-corrected chi connectivity index (χ1v) is 8.94. The van der Waals surface area contributed by atoms with Gasteiger partial charge >= 0.3 is 5.97 Å². The van der Waals surface area contributed by atoms with Gasteiger partial charge in [0.15, 0.2) is 11.6 Å². The summed E-state index contributed by atoms with van der Waals surface area (Å²) in [7, 11) is 1.26. The molecule has 28 heavy (non-hydrogen) atoms. The Kier molecular flexibility index (Phi) is 6.02. The van der Waals surface area contributed by atoms with Crippen LogP contribution in [0.1, 0.15) is 29.9 Å². The van der Waals surface area contributed by atoms with Crippen LogP contribution in [0.15, 0.2) is 42.5 Å². The number of carbonyl (C=O) groups is 2. The molecule has 3 rings (SSSR count). The number of benzene rings is 2. The zero-order valence-electron chi connectivity index (χ0n) is 15.3. The Bertz CT molecular complexity index is 870. The summed E-state index contributed by atoms with van der Waals surface area (Å²) in [5.41, 5.74) is 1.30. The normalized spacial score (nSPS) is 17.9. The zero-order chi connectivity index (χ0) is 20.3. The third-order valence-corrected chi connectivity index (χ3v) is 4.89. The highest BCUT2D eigenvalue weighted by Crippen LogP contribution is 2.48. The number of amides is 1. The van der Waals surface area contributed by atoms with E-state index in [1.54, 1.807) is 12.1 Å². The van der Waals surface area contributed by atoms with Crippen molar-refractivity contribution in [3.63, 3.8) is 0 Å². The summed E-state index contributed by atoms with van der Waals surface area (Å²) in [6.07, 6.45) is 0.622. The van der Waals surface area contributed by atoms with Gasteiger partial charge in [-0.2, -0.15) is 0 Å². The summed E-state index contributed by atoms with van der Waals surface area (Å²) < 4.78 is 44.4. The number of nitrogens with zero attached hydrogens (tertiary/aromatic N) is 1. The van der Waals surface area contributed by atoms with Crippen LogP contribution in [0.5, 0.6) is 0 Å².